The lowest BCUT2D eigenvalue weighted by Crippen LogP contribution is -2.19. The summed E-state index contributed by atoms with van der Waals surface area (Å²) >= 11 is 0. The average molecular weight is 226 g/mol. The number of anilines is 1. The summed E-state index contributed by atoms with van der Waals surface area (Å²) in [5.41, 5.74) is 7.39. The monoisotopic (exact) mass is 226 g/mol. The summed E-state index contributed by atoms with van der Waals surface area (Å²) in [6.07, 6.45) is 0. The molecule has 0 bridgehead atoms. The molecule has 0 aliphatic carbocycles. The van der Waals surface area contributed by atoms with Crippen molar-refractivity contribution in [2.45, 2.75) is 11.8 Å². The van der Waals surface area contributed by atoms with E-state index in [1.165, 1.54) is 0 Å². The molecule has 0 heterocycles. The number of benzene rings is 1. The molecule has 0 radical (unpaired) electrons. The van der Waals surface area contributed by atoms with Crippen LogP contribution in [-0.4, -0.2) is 35.5 Å². The Balaban J connectivity index is 2.77. The fraction of sp³-hybridized carbons (Fsp3) is 0.455. The highest BCUT2D eigenvalue weighted by atomic mass is 32.2. The molecule has 3 nitrogen and oxygen atoms in total. The maximum absolute atomic E-state index is 12.0. The predicted octanol–water partition coefficient (Wildman–Crippen LogP) is 1.25. The Bertz CT molecular complexity index is 364. The van der Waals surface area contributed by atoms with Crippen LogP contribution in [0.15, 0.2) is 23.1 Å². The number of nitrogens with zero attached hydrogens (tertiary/aromatic N) is 1. The molecule has 0 saturated heterocycles. The van der Waals surface area contributed by atoms with Gasteiger partial charge < -0.3 is 10.6 Å². The molecule has 0 spiro atoms. The Morgan fingerprint density at radius 1 is 1.40 bits per heavy atom. The van der Waals surface area contributed by atoms with Gasteiger partial charge in [0.25, 0.3) is 0 Å². The third-order valence-electron chi connectivity index (χ3n) is 2.18. The van der Waals surface area contributed by atoms with Gasteiger partial charge in [0.05, 0.1) is 10.8 Å². The first-order valence-corrected chi connectivity index (χ1v) is 6.22. The maximum atomic E-state index is 12.0. The average Bonchev–Trinajstić information content (AvgIpc) is 2.18. The van der Waals surface area contributed by atoms with Gasteiger partial charge in [0.2, 0.25) is 0 Å². The summed E-state index contributed by atoms with van der Waals surface area (Å²) in [4.78, 5) is 2.89. The second-order valence-electron chi connectivity index (χ2n) is 3.88. The van der Waals surface area contributed by atoms with Crippen molar-refractivity contribution < 1.29 is 4.21 Å². The Labute approximate surface area is 93.7 Å². The van der Waals surface area contributed by atoms with Gasteiger partial charge in [0.15, 0.2) is 0 Å². The van der Waals surface area contributed by atoms with E-state index in [1.54, 1.807) is 6.07 Å². The lowest BCUT2D eigenvalue weighted by Gasteiger charge is -2.10. The second-order valence-corrected chi connectivity index (χ2v) is 5.42. The van der Waals surface area contributed by atoms with Crippen LogP contribution in [0.4, 0.5) is 5.69 Å². The van der Waals surface area contributed by atoms with Gasteiger partial charge in [-0.05, 0) is 38.7 Å². The molecular weight excluding hydrogens is 208 g/mol. The van der Waals surface area contributed by atoms with E-state index in [4.69, 9.17) is 5.73 Å². The van der Waals surface area contributed by atoms with E-state index in [1.807, 2.05) is 38.1 Å². The summed E-state index contributed by atoms with van der Waals surface area (Å²) in [7, 11) is 3.00. The van der Waals surface area contributed by atoms with Crippen molar-refractivity contribution in [2.75, 3.05) is 32.1 Å². The number of nitrogens with two attached hydrogens (primary N) is 1. The molecule has 0 aliphatic heterocycles. The van der Waals surface area contributed by atoms with Crippen LogP contribution < -0.4 is 5.73 Å². The van der Waals surface area contributed by atoms with Gasteiger partial charge in [-0.25, -0.2) is 0 Å². The first-order chi connectivity index (χ1) is 7.00. The smallest absolute Gasteiger partial charge is 0.0545 e. The Hall–Kier alpha value is -0.870. The highest BCUT2D eigenvalue weighted by Crippen LogP contribution is 2.16. The molecule has 1 atom stereocenters. The third-order valence-corrected chi connectivity index (χ3v) is 3.67. The molecule has 1 aromatic carbocycles. The molecule has 0 aliphatic rings. The second kappa shape index (κ2) is 5.28. The maximum Gasteiger partial charge on any atom is 0.0545 e. The van der Waals surface area contributed by atoms with E-state index in [0.29, 0.717) is 11.4 Å². The minimum absolute atomic E-state index is 0.650. The van der Waals surface area contributed by atoms with Crippen LogP contribution in [0.5, 0.6) is 0 Å². The van der Waals surface area contributed by atoms with Gasteiger partial charge in [-0.15, -0.1) is 0 Å². The molecule has 0 aromatic heterocycles. The van der Waals surface area contributed by atoms with Gasteiger partial charge in [0, 0.05) is 22.9 Å². The molecule has 15 heavy (non-hydrogen) atoms. The fourth-order valence-electron chi connectivity index (χ4n) is 1.24. The number of rotatable bonds is 4. The van der Waals surface area contributed by atoms with Crippen LogP contribution in [-0.2, 0) is 10.8 Å². The minimum Gasteiger partial charge on any atom is -0.399 e. The van der Waals surface area contributed by atoms with Crippen LogP contribution in [0.3, 0.4) is 0 Å². The van der Waals surface area contributed by atoms with E-state index in [0.717, 1.165) is 17.0 Å². The molecule has 4 heteroatoms. The summed E-state index contributed by atoms with van der Waals surface area (Å²) < 4.78 is 12.0. The fourth-order valence-corrected chi connectivity index (χ4v) is 2.68. The SMILES string of the molecule is Cc1ccc(N)cc1S(=O)CCN(C)C. The van der Waals surface area contributed by atoms with E-state index in [9.17, 15) is 4.21 Å². The van der Waals surface area contributed by atoms with Crippen LogP contribution in [0.25, 0.3) is 0 Å². The van der Waals surface area contributed by atoms with Crippen LogP contribution >= 0.6 is 0 Å². The molecule has 1 unspecified atom stereocenters. The number of nitrogen functional groups attached to an aromatic ring is 1. The van der Waals surface area contributed by atoms with E-state index in [-0.39, 0.29) is 0 Å². The largest absolute Gasteiger partial charge is 0.399 e. The van der Waals surface area contributed by atoms with Crippen LogP contribution in [0.2, 0.25) is 0 Å². The van der Waals surface area contributed by atoms with Crippen molar-refractivity contribution in [3.05, 3.63) is 23.8 Å². The van der Waals surface area contributed by atoms with E-state index >= 15 is 0 Å². The molecule has 84 valence electrons. The van der Waals surface area contributed by atoms with Crippen LogP contribution in [0, 0.1) is 6.92 Å². The van der Waals surface area contributed by atoms with Crippen molar-refractivity contribution in [1.82, 2.24) is 4.90 Å². The van der Waals surface area contributed by atoms with Crippen molar-refractivity contribution in [1.29, 1.82) is 0 Å². The summed E-state index contributed by atoms with van der Waals surface area (Å²) in [6.45, 7) is 2.78. The lowest BCUT2D eigenvalue weighted by atomic mass is 10.2. The van der Waals surface area contributed by atoms with Crippen molar-refractivity contribution in [2.24, 2.45) is 0 Å². The predicted molar refractivity (Wildman–Crippen MR) is 65.4 cm³/mol. The first-order valence-electron chi connectivity index (χ1n) is 4.90. The van der Waals surface area contributed by atoms with Gasteiger partial charge >= 0.3 is 0 Å². The summed E-state index contributed by atoms with van der Waals surface area (Å²) in [5.74, 6) is 0.650. The molecule has 2 N–H and O–H groups in total. The summed E-state index contributed by atoms with van der Waals surface area (Å²) in [6, 6.07) is 5.56. The molecular formula is C11H18N2OS. The topological polar surface area (TPSA) is 46.3 Å². The van der Waals surface area contributed by atoms with Crippen LogP contribution in [0.1, 0.15) is 5.56 Å². The lowest BCUT2D eigenvalue weighted by molar-refractivity contribution is 0.435. The highest BCUT2D eigenvalue weighted by Gasteiger charge is 2.07. The number of hydrogen-bond acceptors (Lipinski definition) is 3. The number of hydrogen-bond donors (Lipinski definition) is 1. The Morgan fingerprint density at radius 2 is 2.07 bits per heavy atom. The Kier molecular flexibility index (Phi) is 4.29. The molecule has 1 aromatic rings. The minimum atomic E-state index is -0.948. The van der Waals surface area contributed by atoms with Crippen molar-refractivity contribution in [3.8, 4) is 0 Å². The van der Waals surface area contributed by atoms with Crippen molar-refractivity contribution >= 4 is 16.5 Å². The van der Waals surface area contributed by atoms with Gasteiger partial charge in [-0.2, -0.15) is 0 Å². The standard InChI is InChI=1S/C11H18N2OS/c1-9-4-5-10(12)8-11(9)15(14)7-6-13(2)3/h4-5,8H,6-7,12H2,1-3H3. The third kappa shape index (κ3) is 3.64. The molecule has 0 saturated carbocycles. The zero-order valence-corrected chi connectivity index (χ0v) is 10.3. The molecule has 0 fully saturated rings. The Morgan fingerprint density at radius 3 is 2.67 bits per heavy atom. The van der Waals surface area contributed by atoms with Gasteiger partial charge in [0.1, 0.15) is 0 Å². The highest BCUT2D eigenvalue weighted by molar-refractivity contribution is 7.85. The van der Waals surface area contributed by atoms with E-state index in [2.05, 4.69) is 0 Å². The zero-order chi connectivity index (χ0) is 11.4. The van der Waals surface area contributed by atoms with Gasteiger partial charge in [-0.3, -0.25) is 4.21 Å². The van der Waals surface area contributed by atoms with Gasteiger partial charge in [-0.1, -0.05) is 6.07 Å². The molecule has 1 rings (SSSR count). The summed E-state index contributed by atoms with van der Waals surface area (Å²) in [5, 5.41) is 0. The molecule has 0 amide bonds. The van der Waals surface area contributed by atoms with E-state index < -0.39 is 10.8 Å². The quantitative estimate of drug-likeness (QED) is 0.786. The first kappa shape index (κ1) is 12.2. The normalized spacial score (nSPS) is 13.1. The van der Waals surface area contributed by atoms with Crippen molar-refractivity contribution in [3.63, 3.8) is 0 Å². The number of aryl methyl sites for hydroxylation is 1. The zero-order valence-electron chi connectivity index (χ0n) is 9.49.